The number of carbonyl (C=O) groups excluding carboxylic acids is 1. The van der Waals surface area contributed by atoms with Gasteiger partial charge in [-0.15, -0.1) is 0 Å². The number of carbonyl (C=O) groups is 1. The number of rotatable bonds is 7. The van der Waals surface area contributed by atoms with Gasteiger partial charge in [0.15, 0.2) is 0 Å². The van der Waals surface area contributed by atoms with Crippen molar-refractivity contribution >= 4 is 5.91 Å². The zero-order chi connectivity index (χ0) is 13.4. The fraction of sp³-hybridized carbons (Fsp3) is 0.500. The van der Waals surface area contributed by atoms with E-state index in [9.17, 15) is 4.79 Å². The summed E-state index contributed by atoms with van der Waals surface area (Å²) in [6.45, 7) is 1.71. The topological polar surface area (TPSA) is 41.6 Å². The molecule has 0 radical (unpaired) electrons. The number of amides is 1. The van der Waals surface area contributed by atoms with Crippen LogP contribution in [0.2, 0.25) is 0 Å². The molecular formula is C14H22N2O2. The standard InChI is InChI=1S/C14H22N2O2/c1-16(2)9-5-8-15-14(17)11-12-6-4-7-13(10-12)18-3/h4,6-7,10H,5,8-9,11H2,1-3H3,(H,15,17). The summed E-state index contributed by atoms with van der Waals surface area (Å²) in [5.74, 6) is 0.843. The molecule has 1 amide bonds. The quantitative estimate of drug-likeness (QED) is 0.742. The highest BCUT2D eigenvalue weighted by atomic mass is 16.5. The largest absolute Gasteiger partial charge is 0.497 e. The molecule has 0 saturated carbocycles. The molecule has 1 aromatic carbocycles. The maximum absolute atomic E-state index is 11.7. The predicted molar refractivity (Wildman–Crippen MR) is 72.9 cm³/mol. The first-order chi connectivity index (χ1) is 8.61. The van der Waals surface area contributed by atoms with E-state index in [4.69, 9.17) is 4.74 Å². The van der Waals surface area contributed by atoms with Crippen LogP contribution < -0.4 is 10.1 Å². The third kappa shape index (κ3) is 5.68. The smallest absolute Gasteiger partial charge is 0.224 e. The van der Waals surface area contributed by atoms with Gasteiger partial charge in [-0.3, -0.25) is 4.79 Å². The molecule has 1 rings (SSSR count). The molecule has 0 aliphatic heterocycles. The SMILES string of the molecule is COc1cccc(CC(=O)NCCCN(C)C)c1. The Kier molecular flexibility index (Phi) is 6.22. The molecule has 18 heavy (non-hydrogen) atoms. The first-order valence-electron chi connectivity index (χ1n) is 6.16. The highest BCUT2D eigenvalue weighted by Gasteiger charge is 2.03. The monoisotopic (exact) mass is 250 g/mol. The van der Waals surface area contributed by atoms with E-state index in [0.29, 0.717) is 6.42 Å². The fourth-order valence-corrected chi connectivity index (χ4v) is 1.65. The summed E-state index contributed by atoms with van der Waals surface area (Å²) in [7, 11) is 5.68. The third-order valence-electron chi connectivity index (χ3n) is 2.60. The molecule has 0 aromatic heterocycles. The number of hydrogen-bond donors (Lipinski definition) is 1. The minimum atomic E-state index is 0.0574. The molecular weight excluding hydrogens is 228 g/mol. The minimum absolute atomic E-state index is 0.0574. The Balaban J connectivity index is 2.30. The van der Waals surface area contributed by atoms with Crippen molar-refractivity contribution in [1.82, 2.24) is 10.2 Å². The second-order valence-electron chi connectivity index (χ2n) is 4.54. The molecule has 4 heteroatoms. The molecule has 0 spiro atoms. The Morgan fingerprint density at radius 1 is 1.39 bits per heavy atom. The number of ether oxygens (including phenoxy) is 1. The van der Waals surface area contributed by atoms with E-state index in [1.54, 1.807) is 7.11 Å². The zero-order valence-electron chi connectivity index (χ0n) is 11.4. The zero-order valence-corrected chi connectivity index (χ0v) is 11.4. The van der Waals surface area contributed by atoms with Crippen LogP contribution in [0.3, 0.4) is 0 Å². The number of methoxy groups -OCH3 is 1. The normalized spacial score (nSPS) is 10.4. The first-order valence-corrected chi connectivity index (χ1v) is 6.16. The molecule has 1 aromatic rings. The summed E-state index contributed by atoms with van der Waals surface area (Å²) >= 11 is 0. The lowest BCUT2D eigenvalue weighted by molar-refractivity contribution is -0.120. The Hall–Kier alpha value is -1.55. The van der Waals surface area contributed by atoms with E-state index in [-0.39, 0.29) is 5.91 Å². The van der Waals surface area contributed by atoms with Crippen LogP contribution in [0.15, 0.2) is 24.3 Å². The third-order valence-corrected chi connectivity index (χ3v) is 2.60. The Labute approximate surface area is 109 Å². The molecule has 4 nitrogen and oxygen atoms in total. The van der Waals surface area contributed by atoms with Gasteiger partial charge in [-0.05, 0) is 44.8 Å². The summed E-state index contributed by atoms with van der Waals surface area (Å²) in [6.07, 6.45) is 1.37. The number of nitrogens with zero attached hydrogens (tertiary/aromatic N) is 1. The summed E-state index contributed by atoms with van der Waals surface area (Å²) in [4.78, 5) is 13.8. The molecule has 1 N–H and O–H groups in total. The van der Waals surface area contributed by atoms with E-state index in [2.05, 4.69) is 10.2 Å². The minimum Gasteiger partial charge on any atom is -0.497 e. The van der Waals surface area contributed by atoms with Crippen LogP contribution in [-0.2, 0) is 11.2 Å². The van der Waals surface area contributed by atoms with Gasteiger partial charge < -0.3 is 15.0 Å². The molecule has 0 bridgehead atoms. The van der Waals surface area contributed by atoms with Gasteiger partial charge in [0.25, 0.3) is 0 Å². The lowest BCUT2D eigenvalue weighted by atomic mass is 10.1. The number of benzene rings is 1. The fourth-order valence-electron chi connectivity index (χ4n) is 1.65. The Morgan fingerprint density at radius 2 is 2.17 bits per heavy atom. The van der Waals surface area contributed by atoms with Crippen molar-refractivity contribution in [2.24, 2.45) is 0 Å². The van der Waals surface area contributed by atoms with Crippen molar-refractivity contribution in [3.8, 4) is 5.75 Å². The van der Waals surface area contributed by atoms with Crippen molar-refractivity contribution in [2.75, 3.05) is 34.3 Å². The molecule has 0 atom stereocenters. The van der Waals surface area contributed by atoms with Crippen molar-refractivity contribution in [2.45, 2.75) is 12.8 Å². The van der Waals surface area contributed by atoms with Gasteiger partial charge in [0.1, 0.15) is 5.75 Å². The predicted octanol–water partition coefficient (Wildman–Crippen LogP) is 1.31. The lowest BCUT2D eigenvalue weighted by Gasteiger charge is -2.10. The average molecular weight is 250 g/mol. The van der Waals surface area contributed by atoms with Crippen molar-refractivity contribution < 1.29 is 9.53 Å². The Bertz CT molecular complexity index is 378. The van der Waals surface area contributed by atoms with Crippen LogP contribution >= 0.6 is 0 Å². The maximum atomic E-state index is 11.7. The molecule has 0 aliphatic carbocycles. The van der Waals surface area contributed by atoms with Crippen LogP contribution in [0.1, 0.15) is 12.0 Å². The lowest BCUT2D eigenvalue weighted by Crippen LogP contribution is -2.28. The van der Waals surface area contributed by atoms with Crippen LogP contribution in [0.4, 0.5) is 0 Å². The van der Waals surface area contributed by atoms with Crippen molar-refractivity contribution in [3.05, 3.63) is 29.8 Å². The van der Waals surface area contributed by atoms with Crippen LogP contribution in [0, 0.1) is 0 Å². The van der Waals surface area contributed by atoms with E-state index in [1.165, 1.54) is 0 Å². The van der Waals surface area contributed by atoms with Gasteiger partial charge in [-0.1, -0.05) is 12.1 Å². The second kappa shape index (κ2) is 7.71. The molecule has 0 fully saturated rings. The van der Waals surface area contributed by atoms with E-state index < -0.39 is 0 Å². The molecule has 0 saturated heterocycles. The number of nitrogens with one attached hydrogen (secondary N) is 1. The van der Waals surface area contributed by atoms with Gasteiger partial charge in [0.2, 0.25) is 5.91 Å². The van der Waals surface area contributed by atoms with Gasteiger partial charge in [0.05, 0.1) is 13.5 Å². The van der Waals surface area contributed by atoms with E-state index >= 15 is 0 Å². The van der Waals surface area contributed by atoms with Gasteiger partial charge >= 0.3 is 0 Å². The summed E-state index contributed by atoms with van der Waals surface area (Å²) in [6, 6.07) is 7.59. The van der Waals surface area contributed by atoms with Gasteiger partial charge in [-0.2, -0.15) is 0 Å². The summed E-state index contributed by atoms with van der Waals surface area (Å²) in [5.41, 5.74) is 0.972. The van der Waals surface area contributed by atoms with Crippen LogP contribution in [0.25, 0.3) is 0 Å². The summed E-state index contributed by atoms with van der Waals surface area (Å²) in [5, 5.41) is 2.92. The highest BCUT2D eigenvalue weighted by Crippen LogP contribution is 2.12. The average Bonchev–Trinajstić information content (AvgIpc) is 2.34. The Morgan fingerprint density at radius 3 is 2.83 bits per heavy atom. The molecule has 0 heterocycles. The molecule has 0 unspecified atom stereocenters. The summed E-state index contributed by atoms with van der Waals surface area (Å²) < 4.78 is 5.12. The van der Waals surface area contributed by atoms with Crippen LogP contribution in [0.5, 0.6) is 5.75 Å². The maximum Gasteiger partial charge on any atom is 0.224 e. The van der Waals surface area contributed by atoms with Gasteiger partial charge in [0, 0.05) is 6.54 Å². The van der Waals surface area contributed by atoms with E-state index in [1.807, 2.05) is 38.4 Å². The van der Waals surface area contributed by atoms with Crippen LogP contribution in [-0.4, -0.2) is 45.1 Å². The molecule has 100 valence electrons. The van der Waals surface area contributed by atoms with Gasteiger partial charge in [-0.25, -0.2) is 0 Å². The molecule has 0 aliphatic rings. The highest BCUT2D eigenvalue weighted by molar-refractivity contribution is 5.78. The first kappa shape index (κ1) is 14.5. The van der Waals surface area contributed by atoms with Crippen molar-refractivity contribution in [3.63, 3.8) is 0 Å². The van der Waals surface area contributed by atoms with Crippen molar-refractivity contribution in [1.29, 1.82) is 0 Å². The van der Waals surface area contributed by atoms with E-state index in [0.717, 1.165) is 30.8 Å². The number of hydrogen-bond acceptors (Lipinski definition) is 3. The second-order valence-corrected chi connectivity index (χ2v) is 4.54.